The number of methoxy groups -OCH3 is 4. The lowest BCUT2D eigenvalue weighted by atomic mass is 9.78. The van der Waals surface area contributed by atoms with E-state index in [-0.39, 0.29) is 0 Å². The van der Waals surface area contributed by atoms with Crippen LogP contribution in [0.25, 0.3) is 0 Å². The highest BCUT2D eigenvalue weighted by molar-refractivity contribution is 5.74. The third kappa shape index (κ3) is 4.45. The summed E-state index contributed by atoms with van der Waals surface area (Å²) in [6.45, 7) is 4.04. The van der Waals surface area contributed by atoms with Gasteiger partial charge in [0.15, 0.2) is 23.0 Å². The topological polar surface area (TPSA) is 95.4 Å². The van der Waals surface area contributed by atoms with Crippen LogP contribution in [0, 0.1) is 11.8 Å². The molecule has 2 heterocycles. The first-order chi connectivity index (χ1) is 16.5. The number of rotatable bonds is 7. The number of nitrogens with two attached hydrogens (primary N) is 2. The van der Waals surface area contributed by atoms with Gasteiger partial charge in [-0.25, -0.2) is 0 Å². The molecule has 34 heavy (non-hydrogen) atoms. The Bertz CT molecular complexity index is 904. The molecule has 0 spiro atoms. The maximum absolute atomic E-state index is 6.07. The largest absolute Gasteiger partial charge is 0.491 e. The lowest BCUT2D eigenvalue weighted by Crippen LogP contribution is -2.41. The van der Waals surface area contributed by atoms with Crippen LogP contribution in [0.3, 0.4) is 0 Å². The molecule has 2 aliphatic heterocycles. The molecule has 2 saturated heterocycles. The van der Waals surface area contributed by atoms with Crippen LogP contribution in [0.2, 0.25) is 0 Å². The minimum Gasteiger partial charge on any atom is -0.491 e. The molecule has 0 saturated carbocycles. The molecule has 2 aliphatic rings. The van der Waals surface area contributed by atoms with E-state index in [9.17, 15) is 0 Å². The normalized spacial score (nSPS) is 17.5. The molecular formula is C26H38N4O4. The number of hydrogen-bond acceptors (Lipinski definition) is 8. The number of benzene rings is 2. The quantitative estimate of drug-likeness (QED) is 0.586. The van der Waals surface area contributed by atoms with E-state index in [4.69, 9.17) is 30.4 Å². The van der Waals surface area contributed by atoms with Crippen LogP contribution in [0.1, 0.15) is 25.7 Å². The maximum atomic E-state index is 6.07. The number of hydrogen-bond donors (Lipinski definition) is 2. The van der Waals surface area contributed by atoms with Crippen LogP contribution in [0.5, 0.6) is 23.0 Å². The summed E-state index contributed by atoms with van der Waals surface area (Å²) in [5.41, 5.74) is 15.5. The summed E-state index contributed by atoms with van der Waals surface area (Å²) in [5, 5.41) is 0. The predicted octanol–water partition coefficient (Wildman–Crippen LogP) is 4.02. The Morgan fingerprint density at radius 2 is 0.882 bits per heavy atom. The van der Waals surface area contributed by atoms with E-state index in [1.807, 2.05) is 24.3 Å². The van der Waals surface area contributed by atoms with Gasteiger partial charge in [-0.05, 0) is 61.8 Å². The maximum Gasteiger partial charge on any atom is 0.186 e. The zero-order valence-electron chi connectivity index (χ0n) is 20.8. The van der Waals surface area contributed by atoms with Gasteiger partial charge in [0.25, 0.3) is 0 Å². The Kier molecular flexibility index (Phi) is 7.34. The van der Waals surface area contributed by atoms with E-state index < -0.39 is 0 Å². The van der Waals surface area contributed by atoms with Gasteiger partial charge < -0.3 is 40.2 Å². The first-order valence-corrected chi connectivity index (χ1v) is 12.0. The van der Waals surface area contributed by atoms with E-state index in [0.717, 1.165) is 60.9 Å². The predicted molar refractivity (Wildman–Crippen MR) is 138 cm³/mol. The summed E-state index contributed by atoms with van der Waals surface area (Å²) >= 11 is 0. The molecule has 186 valence electrons. The van der Waals surface area contributed by atoms with Gasteiger partial charge in [-0.1, -0.05) is 0 Å². The third-order valence-electron chi connectivity index (χ3n) is 7.49. The first kappa shape index (κ1) is 24.0. The van der Waals surface area contributed by atoms with Gasteiger partial charge in [-0.15, -0.1) is 0 Å². The van der Waals surface area contributed by atoms with Crippen LogP contribution in [0.15, 0.2) is 24.3 Å². The van der Waals surface area contributed by atoms with Crippen LogP contribution in [-0.2, 0) is 0 Å². The van der Waals surface area contributed by atoms with Gasteiger partial charge in [-0.3, -0.25) is 0 Å². The average molecular weight is 471 g/mol. The van der Waals surface area contributed by atoms with E-state index >= 15 is 0 Å². The van der Waals surface area contributed by atoms with Crippen LogP contribution in [0.4, 0.5) is 22.7 Å². The highest BCUT2D eigenvalue weighted by Crippen LogP contribution is 2.45. The Morgan fingerprint density at radius 3 is 1.18 bits per heavy atom. The molecular weight excluding hydrogens is 432 g/mol. The zero-order valence-corrected chi connectivity index (χ0v) is 20.8. The van der Waals surface area contributed by atoms with E-state index in [1.54, 1.807) is 28.4 Å². The Balaban J connectivity index is 1.37. The summed E-state index contributed by atoms with van der Waals surface area (Å²) in [4.78, 5) is 4.80. The Labute approximate surface area is 202 Å². The summed E-state index contributed by atoms with van der Waals surface area (Å²) in [7, 11) is 6.61. The van der Waals surface area contributed by atoms with Crippen molar-refractivity contribution in [3.63, 3.8) is 0 Å². The van der Waals surface area contributed by atoms with Crippen molar-refractivity contribution >= 4 is 22.7 Å². The van der Waals surface area contributed by atoms with E-state index in [1.165, 1.54) is 25.7 Å². The van der Waals surface area contributed by atoms with Gasteiger partial charge >= 0.3 is 0 Å². The van der Waals surface area contributed by atoms with Crippen molar-refractivity contribution in [1.82, 2.24) is 0 Å². The lowest BCUT2D eigenvalue weighted by Gasteiger charge is -2.42. The lowest BCUT2D eigenvalue weighted by molar-refractivity contribution is 0.232. The third-order valence-corrected chi connectivity index (χ3v) is 7.49. The molecule has 2 aromatic carbocycles. The van der Waals surface area contributed by atoms with Crippen molar-refractivity contribution in [3.05, 3.63) is 24.3 Å². The number of nitrogens with zero attached hydrogens (tertiary/aromatic N) is 2. The fourth-order valence-corrected chi connectivity index (χ4v) is 5.67. The average Bonchev–Trinajstić information content (AvgIpc) is 2.88. The van der Waals surface area contributed by atoms with Crippen LogP contribution in [-0.4, -0.2) is 54.6 Å². The number of nitrogen functional groups attached to an aromatic ring is 2. The van der Waals surface area contributed by atoms with E-state index in [0.29, 0.717) is 22.9 Å². The summed E-state index contributed by atoms with van der Waals surface area (Å²) < 4.78 is 22.3. The molecule has 4 N–H and O–H groups in total. The van der Waals surface area contributed by atoms with Crippen LogP contribution >= 0.6 is 0 Å². The summed E-state index contributed by atoms with van der Waals surface area (Å²) in [6.07, 6.45) is 4.72. The fraction of sp³-hybridized carbons (Fsp3) is 0.538. The number of anilines is 4. The van der Waals surface area contributed by atoms with Gasteiger partial charge in [-0.2, -0.15) is 0 Å². The second-order valence-corrected chi connectivity index (χ2v) is 9.13. The molecule has 8 heteroatoms. The molecule has 4 rings (SSSR count). The SMILES string of the molecule is COc1c(N)ccc(N2CCC(C3CCN(c4ccc(N)c(OC)c4OC)CC3)CC2)c1OC. The van der Waals surface area contributed by atoms with Crippen LogP contribution < -0.4 is 40.2 Å². The summed E-state index contributed by atoms with van der Waals surface area (Å²) in [5.74, 6) is 4.16. The molecule has 2 fully saturated rings. The zero-order chi connectivity index (χ0) is 24.2. The van der Waals surface area contributed by atoms with Gasteiger partial charge in [0.2, 0.25) is 0 Å². The Morgan fingerprint density at radius 1 is 0.559 bits per heavy atom. The molecule has 0 unspecified atom stereocenters. The van der Waals surface area contributed by atoms with Crippen molar-refractivity contribution in [2.24, 2.45) is 11.8 Å². The highest BCUT2D eigenvalue weighted by Gasteiger charge is 2.32. The Hall–Kier alpha value is -3.16. The number of piperidine rings is 2. The van der Waals surface area contributed by atoms with Crippen molar-refractivity contribution in [2.75, 3.05) is 75.9 Å². The van der Waals surface area contributed by atoms with Crippen molar-refractivity contribution in [2.45, 2.75) is 25.7 Å². The second kappa shape index (κ2) is 10.4. The highest BCUT2D eigenvalue weighted by atomic mass is 16.5. The molecule has 0 bridgehead atoms. The molecule has 0 radical (unpaired) electrons. The molecule has 0 atom stereocenters. The van der Waals surface area contributed by atoms with Gasteiger partial charge in [0.05, 0.1) is 51.2 Å². The molecule has 0 amide bonds. The number of ether oxygens (including phenoxy) is 4. The minimum absolute atomic E-state index is 0.597. The van der Waals surface area contributed by atoms with Gasteiger partial charge in [0.1, 0.15) is 0 Å². The molecule has 0 aliphatic carbocycles. The van der Waals surface area contributed by atoms with Crippen molar-refractivity contribution in [1.29, 1.82) is 0 Å². The monoisotopic (exact) mass is 470 g/mol. The fourth-order valence-electron chi connectivity index (χ4n) is 5.67. The summed E-state index contributed by atoms with van der Waals surface area (Å²) in [6, 6.07) is 7.89. The van der Waals surface area contributed by atoms with Crippen molar-refractivity contribution in [3.8, 4) is 23.0 Å². The van der Waals surface area contributed by atoms with E-state index in [2.05, 4.69) is 9.80 Å². The smallest absolute Gasteiger partial charge is 0.186 e. The second-order valence-electron chi connectivity index (χ2n) is 9.13. The molecule has 2 aromatic rings. The van der Waals surface area contributed by atoms with Gasteiger partial charge in [0, 0.05) is 26.2 Å². The standard InChI is InChI=1S/C26H38N4O4/c1-31-23-19(27)5-7-21(25(23)33-3)29-13-9-17(10-14-29)18-11-15-30(16-12-18)22-8-6-20(28)24(32-2)26(22)34-4/h5-8,17-18H,9-16,27-28H2,1-4H3. The first-order valence-electron chi connectivity index (χ1n) is 12.0. The van der Waals surface area contributed by atoms with Crippen molar-refractivity contribution < 1.29 is 18.9 Å². The molecule has 0 aromatic heterocycles. The minimum atomic E-state index is 0.597. The molecule has 8 nitrogen and oxygen atoms in total.